The van der Waals surface area contributed by atoms with Crippen LogP contribution in [-0.4, -0.2) is 18.2 Å². The van der Waals surface area contributed by atoms with Gasteiger partial charge in [-0.1, -0.05) is 11.6 Å². The molecule has 110 valence electrons. The molecular weight excluding hydrogens is 273 g/mol. The molecule has 0 bridgehead atoms. The summed E-state index contributed by atoms with van der Waals surface area (Å²) in [6.45, 7) is 2.06. The molecule has 0 amide bonds. The Balaban J connectivity index is 2.24. The molecule has 4 nitrogen and oxygen atoms in total. The molecule has 2 N–H and O–H groups in total. The van der Waals surface area contributed by atoms with E-state index < -0.39 is 11.8 Å². The highest BCUT2D eigenvalue weighted by molar-refractivity contribution is 5.95. The van der Waals surface area contributed by atoms with Gasteiger partial charge in [0.15, 0.2) is 0 Å². The smallest absolute Gasteiger partial charge is 0.339 e. The Morgan fingerprint density at radius 2 is 2.05 bits per heavy atom. The van der Waals surface area contributed by atoms with Gasteiger partial charge in [-0.15, -0.1) is 0 Å². The molecule has 0 aliphatic rings. The van der Waals surface area contributed by atoms with Crippen molar-refractivity contribution in [1.29, 1.82) is 0 Å². The number of anilines is 1. The second kappa shape index (κ2) is 6.26. The molecule has 0 unspecified atom stereocenters. The van der Waals surface area contributed by atoms with E-state index in [1.54, 1.807) is 12.1 Å². The van der Waals surface area contributed by atoms with Crippen LogP contribution >= 0.6 is 0 Å². The number of methoxy groups -OCH3 is 1. The van der Waals surface area contributed by atoms with Crippen LogP contribution in [0.2, 0.25) is 0 Å². The number of aromatic hydroxyl groups is 1. The number of halogens is 1. The molecule has 0 atom stereocenters. The van der Waals surface area contributed by atoms with Crippen molar-refractivity contribution in [3.8, 4) is 5.75 Å². The number of carbonyl (C=O) groups excluding carboxylic acids is 1. The maximum Gasteiger partial charge on any atom is 0.339 e. The Morgan fingerprint density at radius 1 is 1.29 bits per heavy atom. The molecule has 2 aromatic carbocycles. The Morgan fingerprint density at radius 3 is 2.76 bits per heavy atom. The van der Waals surface area contributed by atoms with Crippen molar-refractivity contribution in [3.63, 3.8) is 0 Å². The summed E-state index contributed by atoms with van der Waals surface area (Å²) in [7, 11) is 1.31. The number of carbonyl (C=O) groups is 1. The number of rotatable bonds is 4. The van der Waals surface area contributed by atoms with E-state index in [0.717, 1.165) is 5.56 Å². The minimum Gasteiger partial charge on any atom is -0.508 e. The fourth-order valence-corrected chi connectivity index (χ4v) is 1.98. The summed E-state index contributed by atoms with van der Waals surface area (Å²) in [4.78, 5) is 11.7. The largest absolute Gasteiger partial charge is 0.508 e. The second-order valence-electron chi connectivity index (χ2n) is 4.67. The molecule has 0 aliphatic heterocycles. The predicted octanol–water partition coefficient (Wildman–Crippen LogP) is 3.24. The molecule has 2 aromatic rings. The zero-order valence-corrected chi connectivity index (χ0v) is 11.8. The first kappa shape index (κ1) is 14.8. The van der Waals surface area contributed by atoms with Gasteiger partial charge in [0.2, 0.25) is 0 Å². The van der Waals surface area contributed by atoms with Crippen LogP contribution in [0.4, 0.5) is 10.1 Å². The Kier molecular flexibility index (Phi) is 4.42. The maximum absolute atomic E-state index is 13.2. The highest BCUT2D eigenvalue weighted by Gasteiger charge is 2.12. The normalized spacial score (nSPS) is 10.2. The van der Waals surface area contributed by atoms with Crippen molar-refractivity contribution in [2.75, 3.05) is 12.4 Å². The lowest BCUT2D eigenvalue weighted by atomic mass is 10.1. The van der Waals surface area contributed by atoms with Crippen molar-refractivity contribution in [1.82, 2.24) is 0 Å². The monoisotopic (exact) mass is 289 g/mol. The third-order valence-electron chi connectivity index (χ3n) is 3.09. The SMILES string of the molecule is COC(=O)c1cc(C)ccc1NCc1cc(F)ccc1O. The molecule has 0 radical (unpaired) electrons. The zero-order valence-electron chi connectivity index (χ0n) is 11.8. The molecule has 2 rings (SSSR count). The van der Waals surface area contributed by atoms with E-state index in [4.69, 9.17) is 4.74 Å². The summed E-state index contributed by atoms with van der Waals surface area (Å²) in [5, 5.41) is 12.7. The summed E-state index contributed by atoms with van der Waals surface area (Å²) in [6.07, 6.45) is 0. The fourth-order valence-electron chi connectivity index (χ4n) is 1.98. The lowest BCUT2D eigenvalue weighted by Gasteiger charge is -2.12. The van der Waals surface area contributed by atoms with Crippen LogP contribution in [0.3, 0.4) is 0 Å². The third-order valence-corrected chi connectivity index (χ3v) is 3.09. The van der Waals surface area contributed by atoms with Gasteiger partial charge in [-0.25, -0.2) is 9.18 Å². The first-order chi connectivity index (χ1) is 10.0. The highest BCUT2D eigenvalue weighted by atomic mass is 19.1. The van der Waals surface area contributed by atoms with E-state index in [9.17, 15) is 14.3 Å². The standard InChI is InChI=1S/C16H16FNO3/c1-10-3-5-14(13(7-10)16(20)21-2)18-9-11-8-12(17)4-6-15(11)19/h3-8,18-19H,9H2,1-2H3. The number of hydrogen-bond acceptors (Lipinski definition) is 4. The average molecular weight is 289 g/mol. The fraction of sp³-hybridized carbons (Fsp3) is 0.188. The zero-order chi connectivity index (χ0) is 15.4. The molecule has 0 saturated heterocycles. The van der Waals surface area contributed by atoms with Crippen LogP contribution in [0, 0.1) is 12.7 Å². The van der Waals surface area contributed by atoms with Crippen LogP contribution in [-0.2, 0) is 11.3 Å². The van der Waals surface area contributed by atoms with Gasteiger partial charge in [-0.3, -0.25) is 0 Å². The maximum atomic E-state index is 13.2. The van der Waals surface area contributed by atoms with E-state index in [0.29, 0.717) is 16.8 Å². The summed E-state index contributed by atoms with van der Waals surface area (Å²) < 4.78 is 17.9. The Bertz CT molecular complexity index is 671. The lowest BCUT2D eigenvalue weighted by molar-refractivity contribution is 0.0601. The minimum atomic E-state index is -0.454. The number of esters is 1. The molecular formula is C16H16FNO3. The van der Waals surface area contributed by atoms with Crippen LogP contribution in [0.1, 0.15) is 21.5 Å². The number of ether oxygens (including phenoxy) is 1. The number of aryl methyl sites for hydroxylation is 1. The highest BCUT2D eigenvalue weighted by Crippen LogP contribution is 2.22. The quantitative estimate of drug-likeness (QED) is 0.848. The Hall–Kier alpha value is -2.56. The van der Waals surface area contributed by atoms with E-state index >= 15 is 0 Å². The van der Waals surface area contributed by atoms with Crippen LogP contribution in [0.25, 0.3) is 0 Å². The number of hydrogen-bond donors (Lipinski definition) is 2. The lowest BCUT2D eigenvalue weighted by Crippen LogP contribution is -2.09. The molecule has 0 saturated carbocycles. The van der Waals surface area contributed by atoms with Gasteiger partial charge >= 0.3 is 5.97 Å². The topological polar surface area (TPSA) is 58.6 Å². The van der Waals surface area contributed by atoms with Gasteiger partial charge in [0.05, 0.1) is 12.7 Å². The van der Waals surface area contributed by atoms with Gasteiger partial charge in [0.1, 0.15) is 11.6 Å². The first-order valence-electron chi connectivity index (χ1n) is 6.41. The van der Waals surface area contributed by atoms with Crippen molar-refractivity contribution >= 4 is 11.7 Å². The van der Waals surface area contributed by atoms with Crippen LogP contribution in [0.15, 0.2) is 36.4 Å². The number of benzene rings is 2. The first-order valence-corrected chi connectivity index (χ1v) is 6.41. The van der Waals surface area contributed by atoms with Crippen molar-refractivity contribution in [3.05, 3.63) is 58.9 Å². The van der Waals surface area contributed by atoms with Gasteiger partial charge in [-0.05, 0) is 37.3 Å². The van der Waals surface area contributed by atoms with Crippen molar-refractivity contribution in [2.24, 2.45) is 0 Å². The molecule has 0 fully saturated rings. The van der Waals surface area contributed by atoms with E-state index in [-0.39, 0.29) is 12.3 Å². The number of phenols is 1. The third kappa shape index (κ3) is 3.51. The summed E-state index contributed by atoms with van der Waals surface area (Å²) in [5.41, 5.74) is 2.30. The molecule has 0 spiro atoms. The molecule has 0 aromatic heterocycles. The molecule has 0 heterocycles. The van der Waals surface area contributed by atoms with Gasteiger partial charge < -0.3 is 15.2 Å². The van der Waals surface area contributed by atoms with E-state index in [2.05, 4.69) is 5.32 Å². The van der Waals surface area contributed by atoms with Gasteiger partial charge in [-0.2, -0.15) is 0 Å². The predicted molar refractivity (Wildman–Crippen MR) is 77.9 cm³/mol. The summed E-state index contributed by atoms with van der Waals surface area (Å²) >= 11 is 0. The van der Waals surface area contributed by atoms with Crippen molar-refractivity contribution < 1.29 is 19.0 Å². The molecule has 0 aliphatic carbocycles. The Labute approximate surface area is 122 Å². The van der Waals surface area contributed by atoms with Crippen LogP contribution in [0.5, 0.6) is 5.75 Å². The second-order valence-corrected chi connectivity index (χ2v) is 4.67. The number of phenolic OH excluding ortho intramolecular Hbond substituents is 1. The van der Waals surface area contributed by atoms with Gasteiger partial charge in [0, 0.05) is 17.8 Å². The molecule has 21 heavy (non-hydrogen) atoms. The van der Waals surface area contributed by atoms with E-state index in [1.165, 1.54) is 25.3 Å². The molecule has 5 heteroatoms. The summed E-state index contributed by atoms with van der Waals surface area (Å²) in [5.74, 6) is -0.887. The van der Waals surface area contributed by atoms with E-state index in [1.807, 2.05) is 13.0 Å². The average Bonchev–Trinajstić information content (AvgIpc) is 2.48. The van der Waals surface area contributed by atoms with Crippen molar-refractivity contribution in [2.45, 2.75) is 13.5 Å². The number of nitrogens with one attached hydrogen (secondary N) is 1. The summed E-state index contributed by atoms with van der Waals surface area (Å²) in [6, 6.07) is 9.03. The van der Waals surface area contributed by atoms with Gasteiger partial charge in [0.25, 0.3) is 0 Å². The van der Waals surface area contributed by atoms with Crippen LogP contribution < -0.4 is 5.32 Å². The minimum absolute atomic E-state index is 0.00405.